The van der Waals surface area contributed by atoms with Crippen molar-refractivity contribution in [2.45, 2.75) is 19.4 Å². The van der Waals surface area contributed by atoms with Gasteiger partial charge in [0.25, 0.3) is 0 Å². The Morgan fingerprint density at radius 3 is 2.50 bits per heavy atom. The molecule has 5 nitrogen and oxygen atoms in total. The number of benzene rings is 2. The van der Waals surface area contributed by atoms with Crippen LogP contribution in [0.1, 0.15) is 23.7 Å². The Bertz CT molecular complexity index is 751. The summed E-state index contributed by atoms with van der Waals surface area (Å²) in [7, 11) is 1.28. The number of hydrogen-bond acceptors (Lipinski definition) is 5. The molecule has 0 spiro atoms. The van der Waals surface area contributed by atoms with Crippen molar-refractivity contribution in [2.24, 2.45) is 0 Å². The van der Waals surface area contributed by atoms with Crippen molar-refractivity contribution < 1.29 is 23.8 Å². The minimum atomic E-state index is -0.748. The zero-order valence-corrected chi connectivity index (χ0v) is 13.8. The highest BCUT2D eigenvalue weighted by Gasteiger charge is 2.21. The van der Waals surface area contributed by atoms with E-state index in [1.807, 2.05) is 24.3 Å². The number of carbonyl (C=O) groups excluding carboxylic acids is 2. The molecule has 0 fully saturated rings. The van der Waals surface area contributed by atoms with E-state index in [2.05, 4.69) is 6.58 Å². The maximum absolute atomic E-state index is 12.2. The van der Waals surface area contributed by atoms with E-state index in [9.17, 15) is 9.59 Å². The minimum absolute atomic E-state index is 0.157. The summed E-state index contributed by atoms with van der Waals surface area (Å²) in [6, 6.07) is 10.8. The van der Waals surface area contributed by atoms with Gasteiger partial charge in [-0.1, -0.05) is 30.3 Å². The molecule has 0 amide bonds. The van der Waals surface area contributed by atoms with Crippen LogP contribution in [-0.4, -0.2) is 31.8 Å². The molecule has 0 saturated heterocycles. The molecule has 126 valence electrons. The predicted molar refractivity (Wildman–Crippen MR) is 91.2 cm³/mol. The number of esters is 2. The first-order chi connectivity index (χ1) is 11.6. The summed E-state index contributed by atoms with van der Waals surface area (Å²) >= 11 is 0. The van der Waals surface area contributed by atoms with Crippen molar-refractivity contribution >= 4 is 22.7 Å². The molecule has 2 aromatic carbocycles. The smallest absolute Gasteiger partial charge is 0.341 e. The Kier molecular flexibility index (Phi) is 6.09. The van der Waals surface area contributed by atoms with Crippen LogP contribution >= 0.6 is 0 Å². The standard InChI is InChI=1S/C19H20O5/c1-4-5-10-23-13(2)18(20)24-17-12-15-9-7-6-8-14(15)11-16(17)19(21)22-3/h4,6-9,11-13H,1,5,10H2,2-3H3. The fourth-order valence-electron chi connectivity index (χ4n) is 2.16. The van der Waals surface area contributed by atoms with Crippen molar-refractivity contribution in [3.8, 4) is 5.75 Å². The highest BCUT2D eigenvalue weighted by Crippen LogP contribution is 2.27. The van der Waals surface area contributed by atoms with Gasteiger partial charge in [-0.15, -0.1) is 6.58 Å². The summed E-state index contributed by atoms with van der Waals surface area (Å²) in [5.74, 6) is -0.979. The summed E-state index contributed by atoms with van der Waals surface area (Å²) in [5, 5.41) is 1.71. The molecule has 1 unspecified atom stereocenters. The van der Waals surface area contributed by atoms with E-state index in [1.54, 1.807) is 25.1 Å². The fraction of sp³-hybridized carbons (Fsp3) is 0.263. The molecule has 0 aliphatic carbocycles. The van der Waals surface area contributed by atoms with Crippen molar-refractivity contribution in [1.29, 1.82) is 0 Å². The molecule has 0 aromatic heterocycles. The van der Waals surface area contributed by atoms with Crippen molar-refractivity contribution in [3.63, 3.8) is 0 Å². The number of carbonyl (C=O) groups is 2. The van der Waals surface area contributed by atoms with Crippen LogP contribution in [0.15, 0.2) is 49.1 Å². The molecule has 0 radical (unpaired) electrons. The molecule has 0 heterocycles. The summed E-state index contributed by atoms with van der Waals surface area (Å²) in [5.41, 5.74) is 0.197. The lowest BCUT2D eigenvalue weighted by Gasteiger charge is -2.14. The topological polar surface area (TPSA) is 61.8 Å². The number of fused-ring (bicyclic) bond motifs is 1. The van der Waals surface area contributed by atoms with Gasteiger partial charge in [0.1, 0.15) is 11.3 Å². The maximum Gasteiger partial charge on any atom is 0.341 e. The molecule has 0 bridgehead atoms. The van der Waals surface area contributed by atoms with Gasteiger partial charge in [0.2, 0.25) is 0 Å². The van der Waals surface area contributed by atoms with Gasteiger partial charge >= 0.3 is 11.9 Å². The van der Waals surface area contributed by atoms with E-state index in [0.717, 1.165) is 10.8 Å². The summed E-state index contributed by atoms with van der Waals surface area (Å²) in [6.07, 6.45) is 1.60. The van der Waals surface area contributed by atoms with E-state index >= 15 is 0 Å². The van der Waals surface area contributed by atoms with Crippen LogP contribution in [-0.2, 0) is 14.3 Å². The lowest BCUT2D eigenvalue weighted by atomic mass is 10.1. The molecule has 0 N–H and O–H groups in total. The fourth-order valence-corrected chi connectivity index (χ4v) is 2.16. The third-order valence-corrected chi connectivity index (χ3v) is 3.49. The summed E-state index contributed by atoms with van der Waals surface area (Å²) in [6.45, 7) is 5.57. The van der Waals surface area contributed by atoms with Crippen molar-refractivity contribution in [2.75, 3.05) is 13.7 Å². The molecule has 0 aliphatic rings. The van der Waals surface area contributed by atoms with Crippen LogP contribution in [0.25, 0.3) is 10.8 Å². The summed E-state index contributed by atoms with van der Waals surface area (Å²) < 4.78 is 15.5. The normalized spacial score (nSPS) is 11.8. The Morgan fingerprint density at radius 1 is 1.21 bits per heavy atom. The molecular weight excluding hydrogens is 308 g/mol. The monoisotopic (exact) mass is 328 g/mol. The van der Waals surface area contributed by atoms with E-state index in [4.69, 9.17) is 14.2 Å². The quantitative estimate of drug-likeness (QED) is 0.337. The van der Waals surface area contributed by atoms with Crippen molar-refractivity contribution in [3.05, 3.63) is 54.6 Å². The van der Waals surface area contributed by atoms with Gasteiger partial charge in [-0.25, -0.2) is 9.59 Å². The van der Waals surface area contributed by atoms with Crippen LogP contribution in [0.3, 0.4) is 0 Å². The molecular formula is C19H20O5. The average Bonchev–Trinajstić information content (AvgIpc) is 2.60. The highest BCUT2D eigenvalue weighted by atomic mass is 16.6. The number of rotatable bonds is 7. The zero-order valence-electron chi connectivity index (χ0n) is 13.8. The maximum atomic E-state index is 12.2. The van der Waals surface area contributed by atoms with E-state index < -0.39 is 18.0 Å². The van der Waals surface area contributed by atoms with Crippen molar-refractivity contribution in [1.82, 2.24) is 0 Å². The largest absolute Gasteiger partial charge is 0.465 e. The van der Waals surface area contributed by atoms with E-state index in [0.29, 0.717) is 13.0 Å². The highest BCUT2D eigenvalue weighted by molar-refractivity contribution is 5.99. The van der Waals surface area contributed by atoms with Gasteiger partial charge in [0.05, 0.1) is 13.7 Å². The molecule has 0 saturated carbocycles. The second-order valence-corrected chi connectivity index (χ2v) is 5.20. The average molecular weight is 328 g/mol. The lowest BCUT2D eigenvalue weighted by molar-refractivity contribution is -0.146. The number of hydrogen-bond donors (Lipinski definition) is 0. The lowest BCUT2D eigenvalue weighted by Crippen LogP contribution is -2.26. The Morgan fingerprint density at radius 2 is 1.88 bits per heavy atom. The SMILES string of the molecule is C=CCCOC(C)C(=O)Oc1cc2ccccc2cc1C(=O)OC. The minimum Gasteiger partial charge on any atom is -0.465 e. The van der Waals surface area contributed by atoms with Crippen LogP contribution in [0.5, 0.6) is 5.75 Å². The summed E-state index contributed by atoms with van der Waals surface area (Å²) in [4.78, 5) is 24.2. The first-order valence-electron chi connectivity index (χ1n) is 7.62. The van der Waals surface area contributed by atoms with Crippen LogP contribution in [0, 0.1) is 0 Å². The molecule has 2 rings (SSSR count). The van der Waals surface area contributed by atoms with Gasteiger partial charge < -0.3 is 14.2 Å². The van der Waals surface area contributed by atoms with Crippen LogP contribution in [0.2, 0.25) is 0 Å². The van der Waals surface area contributed by atoms with Gasteiger partial charge in [-0.05, 0) is 36.2 Å². The second kappa shape index (κ2) is 8.26. The van der Waals surface area contributed by atoms with Gasteiger partial charge in [0, 0.05) is 0 Å². The van der Waals surface area contributed by atoms with Crippen LogP contribution < -0.4 is 4.74 Å². The van der Waals surface area contributed by atoms with E-state index in [1.165, 1.54) is 7.11 Å². The van der Waals surface area contributed by atoms with Crippen LogP contribution in [0.4, 0.5) is 0 Å². The molecule has 5 heteroatoms. The number of methoxy groups -OCH3 is 1. The molecule has 1 atom stereocenters. The third kappa shape index (κ3) is 4.20. The number of ether oxygens (including phenoxy) is 3. The van der Waals surface area contributed by atoms with Gasteiger partial charge in [-0.3, -0.25) is 0 Å². The third-order valence-electron chi connectivity index (χ3n) is 3.49. The predicted octanol–water partition coefficient (Wildman–Crippen LogP) is 3.51. The first-order valence-corrected chi connectivity index (χ1v) is 7.62. The Balaban J connectivity index is 2.27. The molecule has 2 aromatic rings. The molecule has 0 aliphatic heterocycles. The first kappa shape index (κ1) is 17.7. The second-order valence-electron chi connectivity index (χ2n) is 5.20. The Labute approximate surface area is 140 Å². The zero-order chi connectivity index (χ0) is 17.5. The molecule has 24 heavy (non-hydrogen) atoms. The Hall–Kier alpha value is -2.66. The van der Waals surface area contributed by atoms with Gasteiger partial charge in [0.15, 0.2) is 6.10 Å². The van der Waals surface area contributed by atoms with E-state index in [-0.39, 0.29) is 11.3 Å². The van der Waals surface area contributed by atoms with Gasteiger partial charge in [-0.2, -0.15) is 0 Å².